The van der Waals surface area contributed by atoms with E-state index in [9.17, 15) is 13.2 Å². The van der Waals surface area contributed by atoms with Crippen molar-refractivity contribution in [3.8, 4) is 5.75 Å². The Morgan fingerprint density at radius 3 is 2.48 bits per heavy atom. The zero-order valence-corrected chi connectivity index (χ0v) is 15.2. The largest absolute Gasteiger partial charge is 0.492 e. The highest BCUT2D eigenvalue weighted by Crippen LogP contribution is 2.20. The molecule has 1 N–H and O–H groups in total. The van der Waals surface area contributed by atoms with Gasteiger partial charge >= 0.3 is 5.97 Å². The Morgan fingerprint density at radius 2 is 1.92 bits per heavy atom. The molecule has 0 saturated carbocycles. The number of ether oxygens (including phenoxy) is 2. The standard InChI is InChI=1S/C16H24N2O6S/c1-13(16(19)20)17(2)7-12-24-14-3-5-15(6-4-14)25(21,22)18-8-10-23-11-9-18/h3-6,13H,7-12H2,1-2H3,(H,19,20). The number of rotatable bonds is 8. The number of morpholine rings is 1. The van der Waals surface area contributed by atoms with Gasteiger partial charge in [0.2, 0.25) is 10.0 Å². The number of carboxylic acid groups (broad SMARTS) is 1. The Hall–Kier alpha value is -1.68. The second-order valence-corrected chi connectivity index (χ2v) is 7.77. The Labute approximate surface area is 148 Å². The molecule has 1 saturated heterocycles. The Balaban J connectivity index is 1.90. The summed E-state index contributed by atoms with van der Waals surface area (Å²) in [5, 5.41) is 8.93. The number of benzene rings is 1. The third kappa shape index (κ3) is 5.15. The van der Waals surface area contributed by atoms with Crippen LogP contribution >= 0.6 is 0 Å². The molecule has 0 aliphatic carbocycles. The minimum Gasteiger partial charge on any atom is -0.492 e. The molecule has 1 atom stereocenters. The predicted octanol–water partition coefficient (Wildman–Crippen LogP) is 0.491. The zero-order valence-electron chi connectivity index (χ0n) is 14.4. The number of hydrogen-bond acceptors (Lipinski definition) is 6. The molecule has 0 spiro atoms. The molecule has 0 radical (unpaired) electrons. The molecule has 1 aliphatic heterocycles. The SMILES string of the molecule is CC(C(=O)O)N(C)CCOc1ccc(S(=O)(=O)N2CCOCC2)cc1. The lowest BCUT2D eigenvalue weighted by molar-refractivity contribution is -0.142. The fourth-order valence-electron chi connectivity index (χ4n) is 2.33. The second-order valence-electron chi connectivity index (χ2n) is 5.83. The van der Waals surface area contributed by atoms with Gasteiger partial charge < -0.3 is 14.6 Å². The summed E-state index contributed by atoms with van der Waals surface area (Å²) in [5.41, 5.74) is 0. The van der Waals surface area contributed by atoms with Gasteiger partial charge in [-0.3, -0.25) is 9.69 Å². The average Bonchev–Trinajstić information content (AvgIpc) is 2.62. The summed E-state index contributed by atoms with van der Waals surface area (Å²) in [4.78, 5) is 12.8. The van der Waals surface area contributed by atoms with Crippen LogP contribution in [-0.4, -0.2) is 81.2 Å². The van der Waals surface area contributed by atoms with Crippen LogP contribution in [0.5, 0.6) is 5.75 Å². The lowest BCUT2D eigenvalue weighted by Gasteiger charge is -2.26. The van der Waals surface area contributed by atoms with Crippen molar-refractivity contribution in [3.05, 3.63) is 24.3 Å². The van der Waals surface area contributed by atoms with Crippen molar-refractivity contribution in [1.82, 2.24) is 9.21 Å². The quantitative estimate of drug-likeness (QED) is 0.709. The zero-order chi connectivity index (χ0) is 18.4. The minimum atomic E-state index is -3.51. The maximum atomic E-state index is 12.5. The molecule has 25 heavy (non-hydrogen) atoms. The third-order valence-electron chi connectivity index (χ3n) is 4.16. The van der Waals surface area contributed by atoms with E-state index in [0.29, 0.717) is 45.2 Å². The van der Waals surface area contributed by atoms with Gasteiger partial charge in [-0.1, -0.05) is 0 Å². The highest BCUT2D eigenvalue weighted by atomic mass is 32.2. The van der Waals surface area contributed by atoms with Crippen LogP contribution in [0.15, 0.2) is 29.2 Å². The Bertz CT molecular complexity index is 670. The van der Waals surface area contributed by atoms with E-state index in [1.807, 2.05) is 0 Å². The van der Waals surface area contributed by atoms with Gasteiger partial charge in [-0.15, -0.1) is 0 Å². The molecular formula is C16H24N2O6S. The van der Waals surface area contributed by atoms with Gasteiger partial charge in [-0.05, 0) is 38.2 Å². The molecule has 1 aliphatic rings. The first-order valence-electron chi connectivity index (χ1n) is 8.06. The summed E-state index contributed by atoms with van der Waals surface area (Å²) in [6.45, 7) is 3.88. The molecule has 0 aromatic heterocycles. The van der Waals surface area contributed by atoms with Gasteiger partial charge in [0.15, 0.2) is 0 Å². The van der Waals surface area contributed by atoms with Gasteiger partial charge in [0, 0.05) is 19.6 Å². The lowest BCUT2D eigenvalue weighted by atomic mass is 10.3. The molecule has 0 bridgehead atoms. The number of carboxylic acids is 1. The topological polar surface area (TPSA) is 96.4 Å². The van der Waals surface area contributed by atoms with E-state index in [1.165, 1.54) is 16.4 Å². The normalized spacial score (nSPS) is 17.4. The number of hydrogen-bond donors (Lipinski definition) is 1. The van der Waals surface area contributed by atoms with E-state index in [2.05, 4.69) is 0 Å². The number of nitrogens with zero attached hydrogens (tertiary/aromatic N) is 2. The van der Waals surface area contributed by atoms with Gasteiger partial charge in [0.05, 0.1) is 18.1 Å². The molecule has 0 amide bonds. The summed E-state index contributed by atoms with van der Waals surface area (Å²) >= 11 is 0. The Morgan fingerprint density at radius 1 is 1.32 bits per heavy atom. The van der Waals surface area contributed by atoms with Crippen LogP contribution in [0.25, 0.3) is 0 Å². The average molecular weight is 372 g/mol. The van der Waals surface area contributed by atoms with Crippen LogP contribution in [0.3, 0.4) is 0 Å². The van der Waals surface area contributed by atoms with Crippen molar-refractivity contribution >= 4 is 16.0 Å². The number of likely N-dealkylation sites (N-methyl/N-ethyl adjacent to an activating group) is 1. The van der Waals surface area contributed by atoms with E-state index in [1.54, 1.807) is 31.0 Å². The number of sulfonamides is 1. The van der Waals surface area contributed by atoms with Crippen molar-refractivity contribution in [1.29, 1.82) is 0 Å². The van der Waals surface area contributed by atoms with Crippen molar-refractivity contribution in [2.45, 2.75) is 17.9 Å². The fraction of sp³-hybridized carbons (Fsp3) is 0.562. The molecule has 9 heteroatoms. The van der Waals surface area contributed by atoms with E-state index in [-0.39, 0.29) is 4.90 Å². The van der Waals surface area contributed by atoms with Crippen molar-refractivity contribution < 1.29 is 27.8 Å². The highest BCUT2D eigenvalue weighted by molar-refractivity contribution is 7.89. The Kier molecular flexibility index (Phi) is 6.77. The maximum Gasteiger partial charge on any atom is 0.320 e. The number of carbonyl (C=O) groups is 1. The number of aliphatic carboxylic acids is 1. The summed E-state index contributed by atoms with van der Waals surface area (Å²) in [6.07, 6.45) is 0. The molecule has 1 heterocycles. The summed E-state index contributed by atoms with van der Waals surface area (Å²) < 4.78 is 37.2. The van der Waals surface area contributed by atoms with Crippen LogP contribution in [0.4, 0.5) is 0 Å². The minimum absolute atomic E-state index is 0.221. The van der Waals surface area contributed by atoms with Crippen LogP contribution in [0.1, 0.15) is 6.92 Å². The van der Waals surface area contributed by atoms with E-state index >= 15 is 0 Å². The first-order valence-corrected chi connectivity index (χ1v) is 9.50. The van der Waals surface area contributed by atoms with Gasteiger partial charge in [-0.25, -0.2) is 8.42 Å². The smallest absolute Gasteiger partial charge is 0.320 e. The highest BCUT2D eigenvalue weighted by Gasteiger charge is 2.26. The third-order valence-corrected chi connectivity index (χ3v) is 6.08. The van der Waals surface area contributed by atoms with Gasteiger partial charge in [0.25, 0.3) is 0 Å². The summed E-state index contributed by atoms with van der Waals surface area (Å²) in [5.74, 6) is -0.350. The van der Waals surface area contributed by atoms with E-state index in [0.717, 1.165) is 0 Å². The molecule has 1 aromatic carbocycles. The van der Waals surface area contributed by atoms with Crippen LogP contribution in [0.2, 0.25) is 0 Å². The summed E-state index contributed by atoms with van der Waals surface area (Å²) in [7, 11) is -1.80. The van der Waals surface area contributed by atoms with Crippen LogP contribution < -0.4 is 4.74 Å². The predicted molar refractivity (Wildman–Crippen MR) is 91.2 cm³/mol. The van der Waals surface area contributed by atoms with Crippen LogP contribution in [-0.2, 0) is 19.6 Å². The van der Waals surface area contributed by atoms with Crippen molar-refractivity contribution in [3.63, 3.8) is 0 Å². The fourth-order valence-corrected chi connectivity index (χ4v) is 3.74. The summed E-state index contributed by atoms with van der Waals surface area (Å²) in [6, 6.07) is 5.65. The first-order chi connectivity index (χ1) is 11.8. The molecule has 1 aromatic rings. The molecule has 140 valence electrons. The van der Waals surface area contributed by atoms with E-state index in [4.69, 9.17) is 14.6 Å². The maximum absolute atomic E-state index is 12.5. The molecule has 1 fully saturated rings. The molecule has 1 unspecified atom stereocenters. The van der Waals surface area contributed by atoms with Crippen molar-refractivity contribution in [2.24, 2.45) is 0 Å². The monoisotopic (exact) mass is 372 g/mol. The molecular weight excluding hydrogens is 348 g/mol. The lowest BCUT2D eigenvalue weighted by Crippen LogP contribution is -2.40. The van der Waals surface area contributed by atoms with Crippen molar-refractivity contribution in [2.75, 3.05) is 46.5 Å². The molecule has 2 rings (SSSR count). The van der Waals surface area contributed by atoms with Gasteiger partial charge in [0.1, 0.15) is 18.4 Å². The first kappa shape index (κ1) is 19.6. The molecule has 8 nitrogen and oxygen atoms in total. The van der Waals surface area contributed by atoms with E-state index < -0.39 is 22.0 Å². The van der Waals surface area contributed by atoms with Crippen LogP contribution in [0, 0.1) is 0 Å². The second kappa shape index (κ2) is 8.61. The van der Waals surface area contributed by atoms with Gasteiger partial charge in [-0.2, -0.15) is 4.31 Å².